The van der Waals surface area contributed by atoms with Crippen molar-refractivity contribution in [1.29, 1.82) is 0 Å². The molecule has 1 aromatic rings. The lowest BCUT2D eigenvalue weighted by atomic mass is 10.0. The molecule has 1 rings (SSSR count). The van der Waals surface area contributed by atoms with Crippen LogP contribution in [0.5, 0.6) is 0 Å². The first-order valence-corrected chi connectivity index (χ1v) is 6.33. The molecule has 0 fully saturated rings. The van der Waals surface area contributed by atoms with Crippen molar-refractivity contribution in [2.24, 2.45) is 5.92 Å². The van der Waals surface area contributed by atoms with E-state index in [0.29, 0.717) is 11.8 Å². The van der Waals surface area contributed by atoms with Gasteiger partial charge in [-0.1, -0.05) is 57.9 Å². The van der Waals surface area contributed by atoms with Gasteiger partial charge >= 0.3 is 0 Å². The SMILES string of the molecule is C#CC(NCc1ccc(C(C)C)cc1)C(C)C. The fraction of sp³-hybridized carbons (Fsp3) is 0.500. The molecule has 0 aliphatic rings. The molecule has 1 heteroatoms. The molecule has 0 spiro atoms. The van der Waals surface area contributed by atoms with Crippen molar-refractivity contribution in [3.05, 3.63) is 35.4 Å². The molecule has 1 unspecified atom stereocenters. The molecule has 0 aliphatic heterocycles. The lowest BCUT2D eigenvalue weighted by molar-refractivity contribution is 0.476. The van der Waals surface area contributed by atoms with E-state index in [1.807, 2.05) is 0 Å². The molecule has 1 aromatic carbocycles. The Kier molecular flexibility index (Phi) is 5.25. The molecular weight excluding hydrogens is 206 g/mol. The Hall–Kier alpha value is -1.26. The fourth-order valence-corrected chi connectivity index (χ4v) is 1.74. The highest BCUT2D eigenvalue weighted by Gasteiger charge is 2.08. The summed E-state index contributed by atoms with van der Waals surface area (Å²) in [7, 11) is 0. The molecule has 92 valence electrons. The Balaban J connectivity index is 2.56. The smallest absolute Gasteiger partial charge is 0.0712 e. The summed E-state index contributed by atoms with van der Waals surface area (Å²) in [6.45, 7) is 9.53. The number of benzene rings is 1. The molecular formula is C16H23N. The molecule has 17 heavy (non-hydrogen) atoms. The normalized spacial score (nSPS) is 12.8. The Morgan fingerprint density at radius 1 is 1.12 bits per heavy atom. The van der Waals surface area contributed by atoms with Crippen LogP contribution in [0.3, 0.4) is 0 Å². The van der Waals surface area contributed by atoms with Crippen LogP contribution >= 0.6 is 0 Å². The first-order valence-electron chi connectivity index (χ1n) is 6.33. The third-order valence-electron chi connectivity index (χ3n) is 3.02. The molecule has 0 saturated heterocycles. The van der Waals surface area contributed by atoms with E-state index in [0.717, 1.165) is 6.54 Å². The zero-order valence-corrected chi connectivity index (χ0v) is 11.3. The largest absolute Gasteiger partial charge is 0.299 e. The van der Waals surface area contributed by atoms with Gasteiger partial charge in [-0.2, -0.15) is 0 Å². The summed E-state index contributed by atoms with van der Waals surface area (Å²) >= 11 is 0. The predicted octanol–water partition coefficient (Wildman–Crippen LogP) is 3.56. The topological polar surface area (TPSA) is 12.0 Å². The maximum atomic E-state index is 5.49. The standard InChI is InChI=1S/C16H23N/c1-6-16(13(4)5)17-11-14-7-9-15(10-8-14)12(2)3/h1,7-10,12-13,16-17H,11H2,2-5H3. The molecule has 0 aliphatic carbocycles. The van der Waals surface area contributed by atoms with Crippen LogP contribution in [-0.4, -0.2) is 6.04 Å². The van der Waals surface area contributed by atoms with E-state index in [1.165, 1.54) is 11.1 Å². The molecule has 0 heterocycles. The van der Waals surface area contributed by atoms with Crippen LogP contribution in [0, 0.1) is 18.3 Å². The Morgan fingerprint density at radius 3 is 2.12 bits per heavy atom. The van der Waals surface area contributed by atoms with Gasteiger partial charge in [0.15, 0.2) is 0 Å². The van der Waals surface area contributed by atoms with Crippen LogP contribution < -0.4 is 5.32 Å². The Bertz CT molecular complexity index is 368. The number of terminal acetylenes is 1. The molecule has 1 nitrogen and oxygen atoms in total. The minimum atomic E-state index is 0.153. The molecule has 0 aromatic heterocycles. The summed E-state index contributed by atoms with van der Waals surface area (Å²) in [5.74, 6) is 3.85. The maximum Gasteiger partial charge on any atom is 0.0712 e. The molecule has 0 saturated carbocycles. The van der Waals surface area contributed by atoms with Gasteiger partial charge in [-0.25, -0.2) is 0 Å². The summed E-state index contributed by atoms with van der Waals surface area (Å²) in [4.78, 5) is 0. The molecule has 0 amide bonds. The summed E-state index contributed by atoms with van der Waals surface area (Å²) in [5.41, 5.74) is 2.67. The van der Waals surface area contributed by atoms with Crippen LogP contribution in [-0.2, 0) is 6.54 Å². The second kappa shape index (κ2) is 6.47. The molecule has 0 radical (unpaired) electrons. The van der Waals surface area contributed by atoms with Crippen molar-refractivity contribution < 1.29 is 0 Å². The molecule has 1 N–H and O–H groups in total. The van der Waals surface area contributed by atoms with E-state index in [9.17, 15) is 0 Å². The van der Waals surface area contributed by atoms with Crippen LogP contribution in [0.2, 0.25) is 0 Å². The summed E-state index contributed by atoms with van der Waals surface area (Å²) in [6.07, 6.45) is 5.49. The van der Waals surface area contributed by atoms with E-state index in [1.54, 1.807) is 0 Å². The zero-order chi connectivity index (χ0) is 12.8. The van der Waals surface area contributed by atoms with Crippen molar-refractivity contribution in [3.63, 3.8) is 0 Å². The van der Waals surface area contributed by atoms with E-state index >= 15 is 0 Å². The van der Waals surface area contributed by atoms with E-state index < -0.39 is 0 Å². The van der Waals surface area contributed by atoms with Gasteiger partial charge in [0.25, 0.3) is 0 Å². The minimum Gasteiger partial charge on any atom is -0.299 e. The van der Waals surface area contributed by atoms with E-state index in [4.69, 9.17) is 6.42 Å². The highest BCUT2D eigenvalue weighted by molar-refractivity contribution is 5.24. The van der Waals surface area contributed by atoms with Crippen LogP contribution in [0.1, 0.15) is 44.7 Å². The summed E-state index contributed by atoms with van der Waals surface area (Å²) in [5, 5.41) is 3.40. The summed E-state index contributed by atoms with van der Waals surface area (Å²) in [6, 6.07) is 8.90. The highest BCUT2D eigenvalue weighted by Crippen LogP contribution is 2.14. The third-order valence-corrected chi connectivity index (χ3v) is 3.02. The van der Waals surface area contributed by atoms with Crippen molar-refractivity contribution in [1.82, 2.24) is 5.32 Å². The van der Waals surface area contributed by atoms with Crippen molar-refractivity contribution in [3.8, 4) is 12.3 Å². The van der Waals surface area contributed by atoms with E-state index in [-0.39, 0.29) is 6.04 Å². The zero-order valence-electron chi connectivity index (χ0n) is 11.3. The number of rotatable bonds is 5. The predicted molar refractivity (Wildman–Crippen MR) is 74.8 cm³/mol. The lowest BCUT2D eigenvalue weighted by Crippen LogP contribution is -2.31. The van der Waals surface area contributed by atoms with Crippen LogP contribution in [0.4, 0.5) is 0 Å². The average Bonchev–Trinajstić information content (AvgIpc) is 2.30. The number of hydrogen-bond donors (Lipinski definition) is 1. The van der Waals surface area contributed by atoms with Crippen molar-refractivity contribution in [2.45, 2.75) is 46.2 Å². The minimum absolute atomic E-state index is 0.153. The number of nitrogens with one attached hydrogen (secondary N) is 1. The van der Waals surface area contributed by atoms with Gasteiger partial charge in [0.1, 0.15) is 0 Å². The average molecular weight is 229 g/mol. The van der Waals surface area contributed by atoms with Gasteiger partial charge in [-0.15, -0.1) is 6.42 Å². The highest BCUT2D eigenvalue weighted by atomic mass is 14.9. The quantitative estimate of drug-likeness (QED) is 0.761. The van der Waals surface area contributed by atoms with Gasteiger partial charge in [-0.05, 0) is 23.0 Å². The van der Waals surface area contributed by atoms with Gasteiger partial charge in [0, 0.05) is 6.54 Å². The lowest BCUT2D eigenvalue weighted by Gasteiger charge is -2.16. The van der Waals surface area contributed by atoms with Crippen LogP contribution in [0.25, 0.3) is 0 Å². The van der Waals surface area contributed by atoms with E-state index in [2.05, 4.69) is 63.2 Å². The molecule has 0 bridgehead atoms. The monoisotopic (exact) mass is 229 g/mol. The van der Waals surface area contributed by atoms with Crippen LogP contribution in [0.15, 0.2) is 24.3 Å². The summed E-state index contributed by atoms with van der Waals surface area (Å²) < 4.78 is 0. The third kappa shape index (κ3) is 4.24. The first-order chi connectivity index (χ1) is 8.04. The maximum absolute atomic E-state index is 5.49. The Labute approximate surface area is 106 Å². The van der Waals surface area contributed by atoms with Gasteiger partial charge in [-0.3, -0.25) is 5.32 Å². The van der Waals surface area contributed by atoms with Gasteiger partial charge in [0.05, 0.1) is 6.04 Å². The van der Waals surface area contributed by atoms with Gasteiger partial charge < -0.3 is 0 Å². The number of hydrogen-bond acceptors (Lipinski definition) is 1. The van der Waals surface area contributed by atoms with Crippen molar-refractivity contribution in [2.75, 3.05) is 0 Å². The van der Waals surface area contributed by atoms with Crippen molar-refractivity contribution >= 4 is 0 Å². The fourth-order valence-electron chi connectivity index (χ4n) is 1.74. The van der Waals surface area contributed by atoms with Gasteiger partial charge in [0.2, 0.25) is 0 Å². The second-order valence-corrected chi connectivity index (χ2v) is 5.17. The molecule has 1 atom stereocenters. The second-order valence-electron chi connectivity index (χ2n) is 5.17. The Morgan fingerprint density at radius 2 is 1.71 bits per heavy atom. The first kappa shape index (κ1) is 13.8.